The molecule has 4 nitrogen and oxygen atoms in total. The lowest BCUT2D eigenvalue weighted by Crippen LogP contribution is -2.22. The number of nitrogens with one attached hydrogen (secondary N) is 2. The largest absolute Gasteiger partial charge is 0.380 e. The molecule has 0 saturated carbocycles. The fourth-order valence-corrected chi connectivity index (χ4v) is 2.62. The van der Waals surface area contributed by atoms with E-state index in [1.54, 1.807) is 0 Å². The van der Waals surface area contributed by atoms with Gasteiger partial charge in [-0.05, 0) is 25.8 Å². The smallest absolute Gasteiger partial charge is 0.123 e. The number of hydrogen-bond acceptors (Lipinski definition) is 3. The Kier molecular flexibility index (Phi) is 2.48. The predicted molar refractivity (Wildman–Crippen MR) is 61.4 cm³/mol. The molecule has 16 heavy (non-hydrogen) atoms. The first kappa shape index (κ1) is 10.3. The number of nitrogens with zero attached hydrogens (tertiary/aromatic N) is 1. The van der Waals surface area contributed by atoms with E-state index in [0.29, 0.717) is 6.04 Å². The minimum Gasteiger partial charge on any atom is -0.380 e. The van der Waals surface area contributed by atoms with Crippen LogP contribution in [0.2, 0.25) is 0 Å². The van der Waals surface area contributed by atoms with E-state index < -0.39 is 0 Å². The van der Waals surface area contributed by atoms with E-state index in [9.17, 15) is 0 Å². The molecule has 88 valence electrons. The molecule has 0 spiro atoms. The minimum atomic E-state index is 0.143. The number of imidazole rings is 1. The molecule has 2 unspecified atom stereocenters. The Hall–Kier alpha value is -0.870. The van der Waals surface area contributed by atoms with Gasteiger partial charge in [-0.3, -0.25) is 0 Å². The van der Waals surface area contributed by atoms with Crippen molar-refractivity contribution in [2.24, 2.45) is 0 Å². The molecule has 2 aliphatic rings. The third kappa shape index (κ3) is 1.66. The molecular formula is C12H19N3O. The maximum atomic E-state index is 5.49. The Morgan fingerprint density at radius 3 is 3.19 bits per heavy atom. The van der Waals surface area contributed by atoms with Gasteiger partial charge in [0.25, 0.3) is 0 Å². The second kappa shape index (κ2) is 3.86. The first-order chi connectivity index (χ1) is 7.78. The first-order valence-electron chi connectivity index (χ1n) is 6.14. The van der Waals surface area contributed by atoms with Gasteiger partial charge in [0.1, 0.15) is 5.82 Å². The maximum absolute atomic E-state index is 5.49. The van der Waals surface area contributed by atoms with Crippen LogP contribution in [0.3, 0.4) is 0 Å². The molecule has 2 N–H and O–H groups in total. The Bertz CT molecular complexity index is 362. The molecule has 2 fully saturated rings. The molecule has 1 aromatic heterocycles. The molecule has 2 saturated heterocycles. The molecule has 4 heteroatoms. The zero-order valence-corrected chi connectivity index (χ0v) is 9.75. The van der Waals surface area contributed by atoms with E-state index in [1.165, 1.54) is 18.5 Å². The zero-order chi connectivity index (χ0) is 11.0. The molecule has 2 aliphatic heterocycles. The average molecular weight is 221 g/mol. The van der Waals surface area contributed by atoms with Crippen molar-refractivity contribution in [1.82, 2.24) is 15.3 Å². The van der Waals surface area contributed by atoms with Crippen LogP contribution in [0.4, 0.5) is 0 Å². The van der Waals surface area contributed by atoms with E-state index in [1.807, 2.05) is 6.20 Å². The number of aromatic nitrogens is 2. The van der Waals surface area contributed by atoms with Crippen LogP contribution in [0.5, 0.6) is 0 Å². The van der Waals surface area contributed by atoms with Gasteiger partial charge in [-0.1, -0.05) is 6.92 Å². The molecule has 1 aromatic rings. The number of rotatable bonds is 2. The molecule has 3 heterocycles. The average Bonchev–Trinajstić information content (AvgIpc) is 2.98. The summed E-state index contributed by atoms with van der Waals surface area (Å²) in [7, 11) is 0. The summed E-state index contributed by atoms with van der Waals surface area (Å²) in [6, 6.07) is 0.430. The fraction of sp³-hybridized carbons (Fsp3) is 0.750. The SMILES string of the molecule is CC1(c2cnc(C3CCCN3)[nH]2)CCOC1. The van der Waals surface area contributed by atoms with Crippen LogP contribution < -0.4 is 5.32 Å². The summed E-state index contributed by atoms with van der Waals surface area (Å²) in [4.78, 5) is 8.00. The van der Waals surface area contributed by atoms with E-state index in [0.717, 1.165) is 32.0 Å². The summed E-state index contributed by atoms with van der Waals surface area (Å²) in [5.41, 5.74) is 1.37. The van der Waals surface area contributed by atoms with Crippen molar-refractivity contribution in [1.29, 1.82) is 0 Å². The lowest BCUT2D eigenvalue weighted by Gasteiger charge is -2.19. The molecule has 0 aromatic carbocycles. The topological polar surface area (TPSA) is 49.9 Å². The van der Waals surface area contributed by atoms with Gasteiger partial charge in [0.15, 0.2) is 0 Å². The molecule has 0 radical (unpaired) electrons. The van der Waals surface area contributed by atoms with Gasteiger partial charge in [0.2, 0.25) is 0 Å². The fourth-order valence-electron chi connectivity index (χ4n) is 2.62. The van der Waals surface area contributed by atoms with Crippen LogP contribution in [0.25, 0.3) is 0 Å². The van der Waals surface area contributed by atoms with Crippen LogP contribution in [0, 0.1) is 0 Å². The van der Waals surface area contributed by atoms with Crippen molar-refractivity contribution < 1.29 is 4.74 Å². The summed E-state index contributed by atoms with van der Waals surface area (Å²) in [6.45, 7) is 5.04. The van der Waals surface area contributed by atoms with E-state index in [-0.39, 0.29) is 5.41 Å². The Morgan fingerprint density at radius 2 is 2.50 bits per heavy atom. The highest BCUT2D eigenvalue weighted by atomic mass is 16.5. The molecular weight excluding hydrogens is 202 g/mol. The van der Waals surface area contributed by atoms with Gasteiger partial charge in [0, 0.05) is 23.9 Å². The number of ether oxygens (including phenoxy) is 1. The van der Waals surface area contributed by atoms with Crippen molar-refractivity contribution in [2.45, 2.75) is 37.6 Å². The summed E-state index contributed by atoms with van der Waals surface area (Å²) in [5.74, 6) is 1.10. The normalized spacial score (nSPS) is 34.7. The molecule has 2 atom stereocenters. The van der Waals surface area contributed by atoms with Gasteiger partial charge in [-0.15, -0.1) is 0 Å². The minimum absolute atomic E-state index is 0.143. The highest BCUT2D eigenvalue weighted by molar-refractivity contribution is 5.17. The van der Waals surface area contributed by atoms with E-state index in [2.05, 4.69) is 22.2 Å². The van der Waals surface area contributed by atoms with Gasteiger partial charge < -0.3 is 15.0 Å². The van der Waals surface area contributed by atoms with Crippen LogP contribution in [-0.4, -0.2) is 29.7 Å². The molecule has 0 aliphatic carbocycles. The zero-order valence-electron chi connectivity index (χ0n) is 9.75. The number of H-pyrrole nitrogens is 1. The summed E-state index contributed by atoms with van der Waals surface area (Å²) >= 11 is 0. The monoisotopic (exact) mass is 221 g/mol. The van der Waals surface area contributed by atoms with Crippen molar-refractivity contribution in [2.75, 3.05) is 19.8 Å². The van der Waals surface area contributed by atoms with Crippen LogP contribution in [0.1, 0.15) is 43.7 Å². The standard InChI is InChI=1S/C12H19N3O/c1-12(4-6-16-8-12)10-7-14-11(15-10)9-3-2-5-13-9/h7,9,13H,2-6,8H2,1H3,(H,14,15). The van der Waals surface area contributed by atoms with E-state index >= 15 is 0 Å². The third-order valence-electron chi connectivity index (χ3n) is 3.85. The second-order valence-electron chi connectivity index (χ2n) is 5.19. The third-order valence-corrected chi connectivity index (χ3v) is 3.85. The Labute approximate surface area is 95.8 Å². The maximum Gasteiger partial charge on any atom is 0.123 e. The summed E-state index contributed by atoms with van der Waals surface area (Å²) in [6.07, 6.45) is 5.53. The lowest BCUT2D eigenvalue weighted by molar-refractivity contribution is 0.180. The van der Waals surface area contributed by atoms with Gasteiger partial charge in [-0.2, -0.15) is 0 Å². The highest BCUT2D eigenvalue weighted by Gasteiger charge is 2.34. The van der Waals surface area contributed by atoms with Crippen molar-refractivity contribution >= 4 is 0 Å². The van der Waals surface area contributed by atoms with Crippen molar-refractivity contribution in [3.05, 3.63) is 17.7 Å². The summed E-state index contributed by atoms with van der Waals surface area (Å²) in [5, 5.41) is 3.46. The van der Waals surface area contributed by atoms with Crippen LogP contribution >= 0.6 is 0 Å². The Morgan fingerprint density at radius 1 is 1.56 bits per heavy atom. The quantitative estimate of drug-likeness (QED) is 0.796. The van der Waals surface area contributed by atoms with E-state index in [4.69, 9.17) is 4.74 Å². The number of aromatic amines is 1. The van der Waals surface area contributed by atoms with Gasteiger partial charge in [-0.25, -0.2) is 4.98 Å². The second-order valence-corrected chi connectivity index (χ2v) is 5.19. The van der Waals surface area contributed by atoms with Crippen LogP contribution in [-0.2, 0) is 10.2 Å². The first-order valence-corrected chi connectivity index (χ1v) is 6.14. The lowest BCUT2D eigenvalue weighted by atomic mass is 9.87. The molecule has 0 amide bonds. The Balaban J connectivity index is 1.81. The predicted octanol–water partition coefficient (Wildman–Crippen LogP) is 1.51. The summed E-state index contributed by atoms with van der Waals surface area (Å²) < 4.78 is 5.49. The molecule has 0 bridgehead atoms. The van der Waals surface area contributed by atoms with Crippen LogP contribution in [0.15, 0.2) is 6.20 Å². The van der Waals surface area contributed by atoms with Crippen molar-refractivity contribution in [3.63, 3.8) is 0 Å². The van der Waals surface area contributed by atoms with Gasteiger partial charge in [0.05, 0.1) is 12.6 Å². The number of hydrogen-bond donors (Lipinski definition) is 2. The van der Waals surface area contributed by atoms with Gasteiger partial charge >= 0.3 is 0 Å². The molecule has 3 rings (SSSR count). The van der Waals surface area contributed by atoms with Crippen molar-refractivity contribution in [3.8, 4) is 0 Å². The highest BCUT2D eigenvalue weighted by Crippen LogP contribution is 2.32.